The van der Waals surface area contributed by atoms with Crippen molar-refractivity contribution in [2.24, 2.45) is 5.10 Å². The third kappa shape index (κ3) is 4.21. The van der Waals surface area contributed by atoms with Gasteiger partial charge in [0.2, 0.25) is 0 Å². The van der Waals surface area contributed by atoms with Crippen LogP contribution in [0.5, 0.6) is 0 Å². The van der Waals surface area contributed by atoms with Crippen LogP contribution in [0.25, 0.3) is 0 Å². The van der Waals surface area contributed by atoms with E-state index in [1.165, 1.54) is 27.1 Å². The maximum atomic E-state index is 4.66. The van der Waals surface area contributed by atoms with Crippen LogP contribution in [0.1, 0.15) is 27.1 Å². The predicted octanol–water partition coefficient (Wildman–Crippen LogP) is 2.41. The molecular weight excluding hydrogens is 302 g/mol. The van der Waals surface area contributed by atoms with Gasteiger partial charge in [-0.1, -0.05) is 23.8 Å². The predicted molar refractivity (Wildman–Crippen MR) is 98.5 cm³/mol. The number of aryl methyl sites for hydroxylation is 3. The number of thiophene rings is 1. The van der Waals surface area contributed by atoms with Gasteiger partial charge in [0.25, 0.3) is 0 Å². The van der Waals surface area contributed by atoms with Gasteiger partial charge in [-0.15, -0.1) is 11.3 Å². The molecule has 3 rings (SSSR count). The molecule has 1 aromatic heterocycles. The molecule has 0 atom stereocenters. The van der Waals surface area contributed by atoms with E-state index in [0.29, 0.717) is 0 Å². The van der Waals surface area contributed by atoms with E-state index >= 15 is 0 Å². The zero-order valence-corrected chi connectivity index (χ0v) is 15.1. The van der Waals surface area contributed by atoms with Crippen molar-refractivity contribution < 1.29 is 4.90 Å². The summed E-state index contributed by atoms with van der Waals surface area (Å²) < 4.78 is 0. The number of hydrazone groups is 1. The molecule has 0 aliphatic carbocycles. The minimum absolute atomic E-state index is 1.04. The molecule has 1 aliphatic heterocycles. The first-order valence-corrected chi connectivity index (χ1v) is 9.22. The van der Waals surface area contributed by atoms with Gasteiger partial charge >= 0.3 is 0 Å². The monoisotopic (exact) mass is 328 g/mol. The summed E-state index contributed by atoms with van der Waals surface area (Å²) in [6.07, 6.45) is 2.02. The van der Waals surface area contributed by atoms with Crippen molar-refractivity contribution in [3.8, 4) is 0 Å². The second-order valence-corrected chi connectivity index (χ2v) is 7.47. The van der Waals surface area contributed by atoms with Crippen LogP contribution in [0.15, 0.2) is 34.7 Å². The van der Waals surface area contributed by atoms with Crippen molar-refractivity contribution >= 4 is 17.6 Å². The van der Waals surface area contributed by atoms with Crippen LogP contribution in [0.3, 0.4) is 0 Å². The number of nitrogens with zero attached hydrogens (tertiary/aromatic N) is 2. The zero-order chi connectivity index (χ0) is 16.2. The molecule has 1 fully saturated rings. The first-order chi connectivity index (χ1) is 11.1. The van der Waals surface area contributed by atoms with E-state index < -0.39 is 0 Å². The molecule has 4 heteroatoms. The summed E-state index contributed by atoms with van der Waals surface area (Å²) in [6.45, 7) is 12.1. The van der Waals surface area contributed by atoms with E-state index in [1.54, 1.807) is 16.2 Å². The normalized spacial score (nSPS) is 16.4. The lowest BCUT2D eigenvalue weighted by molar-refractivity contribution is -0.918. The number of hydrogen-bond acceptors (Lipinski definition) is 3. The van der Waals surface area contributed by atoms with Crippen molar-refractivity contribution in [2.75, 3.05) is 26.2 Å². The molecule has 1 saturated heterocycles. The smallest absolute Gasteiger partial charge is 0.103 e. The highest BCUT2D eigenvalue weighted by Gasteiger charge is 2.19. The molecule has 0 saturated carbocycles. The van der Waals surface area contributed by atoms with E-state index in [1.807, 2.05) is 6.21 Å². The molecule has 2 aromatic rings. The number of rotatable bonds is 4. The van der Waals surface area contributed by atoms with Crippen LogP contribution in [-0.2, 0) is 6.54 Å². The number of piperazine rings is 1. The van der Waals surface area contributed by atoms with Crippen molar-refractivity contribution in [3.05, 3.63) is 56.8 Å². The molecule has 2 heterocycles. The minimum Gasteiger partial charge on any atom is -0.328 e. The standard InChI is InChI=1S/C19H25N3S/c1-15-4-5-18(17(3)12-15)14-21-7-9-22(10-8-21)20-13-19-16(2)6-11-23-19/h4-6,11-13H,7-10,14H2,1-3H3/p+1/b20-13-. The average Bonchev–Trinajstić information content (AvgIpc) is 2.95. The van der Waals surface area contributed by atoms with E-state index in [9.17, 15) is 0 Å². The number of benzene rings is 1. The maximum absolute atomic E-state index is 4.66. The van der Waals surface area contributed by atoms with Gasteiger partial charge in [0.15, 0.2) is 0 Å². The summed E-state index contributed by atoms with van der Waals surface area (Å²) >= 11 is 1.76. The number of hydrogen-bond donors (Lipinski definition) is 1. The molecule has 0 unspecified atom stereocenters. The Kier molecular flexibility index (Phi) is 5.13. The quantitative estimate of drug-likeness (QED) is 0.855. The van der Waals surface area contributed by atoms with Gasteiger partial charge < -0.3 is 4.90 Å². The van der Waals surface area contributed by atoms with Crippen LogP contribution in [0, 0.1) is 20.8 Å². The second kappa shape index (κ2) is 7.28. The zero-order valence-electron chi connectivity index (χ0n) is 14.3. The van der Waals surface area contributed by atoms with Crippen LogP contribution < -0.4 is 4.90 Å². The molecule has 23 heavy (non-hydrogen) atoms. The maximum Gasteiger partial charge on any atom is 0.103 e. The lowest BCUT2D eigenvalue weighted by atomic mass is 10.1. The summed E-state index contributed by atoms with van der Waals surface area (Å²) in [5.41, 5.74) is 5.57. The lowest BCUT2D eigenvalue weighted by Crippen LogP contribution is -3.13. The highest BCUT2D eigenvalue weighted by Crippen LogP contribution is 2.13. The van der Waals surface area contributed by atoms with Gasteiger partial charge in [0.1, 0.15) is 6.54 Å². The molecule has 0 radical (unpaired) electrons. The fourth-order valence-electron chi connectivity index (χ4n) is 3.07. The largest absolute Gasteiger partial charge is 0.328 e. The lowest BCUT2D eigenvalue weighted by Gasteiger charge is -2.30. The van der Waals surface area contributed by atoms with E-state index in [2.05, 4.69) is 60.5 Å². The first kappa shape index (κ1) is 16.2. The van der Waals surface area contributed by atoms with E-state index in [-0.39, 0.29) is 0 Å². The molecule has 1 aromatic carbocycles. The molecular formula is C19H26N3S+. The van der Waals surface area contributed by atoms with Crippen LogP contribution in [0.4, 0.5) is 0 Å². The fourth-order valence-corrected chi connectivity index (χ4v) is 3.85. The Morgan fingerprint density at radius 3 is 2.57 bits per heavy atom. The van der Waals surface area contributed by atoms with Crippen molar-refractivity contribution in [1.29, 1.82) is 0 Å². The van der Waals surface area contributed by atoms with Crippen molar-refractivity contribution in [1.82, 2.24) is 5.01 Å². The first-order valence-electron chi connectivity index (χ1n) is 8.34. The third-order valence-electron chi connectivity index (χ3n) is 4.63. The van der Waals surface area contributed by atoms with Crippen LogP contribution in [0.2, 0.25) is 0 Å². The third-order valence-corrected chi connectivity index (χ3v) is 5.58. The van der Waals surface area contributed by atoms with Gasteiger partial charge in [-0.3, -0.25) is 5.01 Å². The summed E-state index contributed by atoms with van der Waals surface area (Å²) in [7, 11) is 0. The van der Waals surface area contributed by atoms with Gasteiger partial charge in [-0.25, -0.2) is 0 Å². The molecule has 122 valence electrons. The van der Waals surface area contributed by atoms with Gasteiger partial charge in [-0.2, -0.15) is 5.10 Å². The van der Waals surface area contributed by atoms with Gasteiger partial charge in [-0.05, 0) is 43.3 Å². The molecule has 3 nitrogen and oxygen atoms in total. The Morgan fingerprint density at radius 2 is 1.91 bits per heavy atom. The fraction of sp³-hybridized carbons (Fsp3) is 0.421. The highest BCUT2D eigenvalue weighted by atomic mass is 32.1. The molecule has 0 amide bonds. The van der Waals surface area contributed by atoms with Crippen molar-refractivity contribution in [3.63, 3.8) is 0 Å². The summed E-state index contributed by atoms with van der Waals surface area (Å²) in [5.74, 6) is 0. The van der Waals surface area contributed by atoms with Crippen LogP contribution >= 0.6 is 11.3 Å². The Labute approximate surface area is 143 Å². The molecule has 0 bridgehead atoms. The van der Waals surface area contributed by atoms with E-state index in [4.69, 9.17) is 0 Å². The minimum atomic E-state index is 1.04. The summed E-state index contributed by atoms with van der Waals surface area (Å²) in [5, 5.41) is 9.00. The van der Waals surface area contributed by atoms with Gasteiger partial charge in [0.05, 0.1) is 32.4 Å². The molecule has 1 N–H and O–H groups in total. The molecule has 1 aliphatic rings. The SMILES string of the molecule is Cc1ccc(C[NH+]2CCN(/N=C\c3sccc3C)CC2)c(C)c1. The number of nitrogens with one attached hydrogen (secondary N) is 1. The second-order valence-electron chi connectivity index (χ2n) is 6.52. The summed E-state index contributed by atoms with van der Waals surface area (Å²) in [4.78, 5) is 2.94. The summed E-state index contributed by atoms with van der Waals surface area (Å²) in [6, 6.07) is 8.96. The Hall–Kier alpha value is -1.65. The van der Waals surface area contributed by atoms with Crippen LogP contribution in [-0.4, -0.2) is 37.4 Å². The average molecular weight is 329 g/mol. The molecule has 0 spiro atoms. The van der Waals surface area contributed by atoms with Gasteiger partial charge in [0, 0.05) is 10.4 Å². The van der Waals surface area contributed by atoms with Crippen molar-refractivity contribution in [2.45, 2.75) is 27.3 Å². The van der Waals surface area contributed by atoms with E-state index in [0.717, 1.165) is 32.7 Å². The topological polar surface area (TPSA) is 20.0 Å². The highest BCUT2D eigenvalue weighted by molar-refractivity contribution is 7.11. The Morgan fingerprint density at radius 1 is 1.13 bits per heavy atom. The Balaban J connectivity index is 1.52. The Bertz CT molecular complexity index is 682. The number of quaternary nitrogens is 1.